The standard InChI is InChI=1S/C10H14F3N3O4/c1-5(6(14)17)15-8(20)16-3-2-9(4-16,7(18)19)10(11,12)13/h5H,2-4H2,1H3,(H2,14,17)(H,15,20)(H,18,19). The van der Waals surface area contributed by atoms with Gasteiger partial charge in [-0.05, 0) is 13.3 Å². The molecule has 0 aromatic carbocycles. The molecule has 7 nitrogen and oxygen atoms in total. The minimum atomic E-state index is -4.97. The van der Waals surface area contributed by atoms with Crippen molar-refractivity contribution in [2.45, 2.75) is 25.6 Å². The van der Waals surface area contributed by atoms with E-state index < -0.39 is 48.5 Å². The van der Waals surface area contributed by atoms with Crippen molar-refractivity contribution in [2.75, 3.05) is 13.1 Å². The van der Waals surface area contributed by atoms with E-state index in [2.05, 4.69) is 5.32 Å². The van der Waals surface area contributed by atoms with Crippen LogP contribution in [0.3, 0.4) is 0 Å². The van der Waals surface area contributed by atoms with Gasteiger partial charge in [0, 0.05) is 13.1 Å². The summed E-state index contributed by atoms with van der Waals surface area (Å²) < 4.78 is 38.6. The molecule has 1 heterocycles. The second-order valence-corrected chi connectivity index (χ2v) is 4.63. The molecule has 114 valence electrons. The summed E-state index contributed by atoms with van der Waals surface area (Å²) in [5, 5.41) is 10.9. The first-order chi connectivity index (χ1) is 9.01. The number of nitrogens with two attached hydrogens (primary N) is 1. The van der Waals surface area contributed by atoms with Crippen molar-refractivity contribution in [3.63, 3.8) is 0 Å². The summed E-state index contributed by atoms with van der Waals surface area (Å²) in [6.07, 6.45) is -5.70. The van der Waals surface area contributed by atoms with Gasteiger partial charge in [-0.1, -0.05) is 0 Å². The number of aliphatic carboxylic acids is 1. The largest absolute Gasteiger partial charge is 0.481 e. The van der Waals surface area contributed by atoms with Crippen LogP contribution in [0.5, 0.6) is 0 Å². The van der Waals surface area contributed by atoms with Gasteiger partial charge in [0.2, 0.25) is 5.91 Å². The topological polar surface area (TPSA) is 113 Å². The average molecular weight is 297 g/mol. The lowest BCUT2D eigenvalue weighted by Crippen LogP contribution is -2.51. The smallest absolute Gasteiger partial charge is 0.406 e. The van der Waals surface area contributed by atoms with Crippen molar-refractivity contribution in [2.24, 2.45) is 11.1 Å². The van der Waals surface area contributed by atoms with Crippen LogP contribution in [-0.2, 0) is 9.59 Å². The summed E-state index contributed by atoms with van der Waals surface area (Å²) in [4.78, 5) is 34.0. The summed E-state index contributed by atoms with van der Waals surface area (Å²) in [5.41, 5.74) is 1.94. The fourth-order valence-corrected chi connectivity index (χ4v) is 1.86. The molecule has 0 aliphatic carbocycles. The maximum Gasteiger partial charge on any atom is 0.406 e. The molecular formula is C10H14F3N3O4. The zero-order valence-corrected chi connectivity index (χ0v) is 10.5. The Hall–Kier alpha value is -2.00. The molecule has 0 radical (unpaired) electrons. The first-order valence-electron chi connectivity index (χ1n) is 5.66. The molecular weight excluding hydrogens is 283 g/mol. The van der Waals surface area contributed by atoms with Gasteiger partial charge in [-0.3, -0.25) is 9.59 Å². The number of hydrogen-bond acceptors (Lipinski definition) is 3. The van der Waals surface area contributed by atoms with Gasteiger partial charge in [-0.25, -0.2) is 4.79 Å². The third kappa shape index (κ3) is 2.78. The van der Waals surface area contributed by atoms with Crippen LogP contribution < -0.4 is 11.1 Å². The molecule has 0 aromatic rings. The Bertz CT molecular complexity index is 440. The number of alkyl halides is 3. The molecule has 4 N–H and O–H groups in total. The number of amides is 3. The van der Waals surface area contributed by atoms with E-state index >= 15 is 0 Å². The van der Waals surface area contributed by atoms with E-state index in [1.54, 1.807) is 0 Å². The molecule has 1 fully saturated rings. The van der Waals surface area contributed by atoms with Crippen molar-refractivity contribution in [1.29, 1.82) is 0 Å². The summed E-state index contributed by atoms with van der Waals surface area (Å²) in [6, 6.07) is -2.02. The fraction of sp³-hybridized carbons (Fsp3) is 0.700. The lowest BCUT2D eigenvalue weighted by molar-refractivity contribution is -0.227. The first-order valence-corrected chi connectivity index (χ1v) is 5.66. The Balaban J connectivity index is 2.82. The van der Waals surface area contributed by atoms with E-state index in [-0.39, 0.29) is 6.54 Å². The van der Waals surface area contributed by atoms with Gasteiger partial charge in [0.1, 0.15) is 6.04 Å². The Morgan fingerprint density at radius 3 is 2.30 bits per heavy atom. The third-order valence-electron chi connectivity index (χ3n) is 3.28. The minimum absolute atomic E-state index is 0.372. The molecule has 1 aliphatic heterocycles. The number of carbonyl (C=O) groups is 3. The molecule has 3 amide bonds. The molecule has 10 heteroatoms. The number of urea groups is 1. The molecule has 0 bridgehead atoms. The highest BCUT2D eigenvalue weighted by atomic mass is 19.4. The number of nitrogens with zero attached hydrogens (tertiary/aromatic N) is 1. The summed E-state index contributed by atoms with van der Waals surface area (Å²) in [6.45, 7) is -0.100. The van der Waals surface area contributed by atoms with Crippen LogP contribution in [0.2, 0.25) is 0 Å². The van der Waals surface area contributed by atoms with Gasteiger partial charge >= 0.3 is 18.2 Å². The molecule has 1 saturated heterocycles. The molecule has 0 aromatic heterocycles. The minimum Gasteiger partial charge on any atom is -0.481 e. The van der Waals surface area contributed by atoms with Gasteiger partial charge in [0.15, 0.2) is 5.41 Å². The highest BCUT2D eigenvalue weighted by molar-refractivity contribution is 5.86. The Morgan fingerprint density at radius 1 is 1.40 bits per heavy atom. The van der Waals surface area contributed by atoms with E-state index in [9.17, 15) is 27.6 Å². The van der Waals surface area contributed by atoms with Gasteiger partial charge in [0.25, 0.3) is 0 Å². The van der Waals surface area contributed by atoms with Gasteiger partial charge in [-0.2, -0.15) is 13.2 Å². The summed E-state index contributed by atoms with van der Waals surface area (Å²) in [7, 11) is 0. The van der Waals surface area contributed by atoms with Crippen LogP contribution in [0.1, 0.15) is 13.3 Å². The highest BCUT2D eigenvalue weighted by Crippen LogP contribution is 2.45. The van der Waals surface area contributed by atoms with Gasteiger partial charge < -0.3 is 21.1 Å². The second-order valence-electron chi connectivity index (χ2n) is 4.63. The van der Waals surface area contributed by atoms with Crippen molar-refractivity contribution >= 4 is 17.9 Å². The number of carboxylic acids is 1. The van der Waals surface area contributed by atoms with Crippen LogP contribution in [0, 0.1) is 5.41 Å². The molecule has 2 unspecified atom stereocenters. The molecule has 2 atom stereocenters. The SMILES string of the molecule is CC(NC(=O)N1CCC(C(=O)O)(C(F)(F)F)C1)C(N)=O. The van der Waals surface area contributed by atoms with Crippen LogP contribution in [0.25, 0.3) is 0 Å². The number of primary amides is 1. The van der Waals surface area contributed by atoms with E-state index in [0.717, 1.165) is 0 Å². The van der Waals surface area contributed by atoms with Crippen molar-refractivity contribution in [3.05, 3.63) is 0 Å². The van der Waals surface area contributed by atoms with E-state index in [1.807, 2.05) is 0 Å². The zero-order chi connectivity index (χ0) is 15.7. The Labute approximate surface area is 111 Å². The predicted molar refractivity (Wildman–Crippen MR) is 59.5 cm³/mol. The maximum atomic E-state index is 12.9. The van der Waals surface area contributed by atoms with Crippen LogP contribution >= 0.6 is 0 Å². The average Bonchev–Trinajstić information content (AvgIpc) is 2.73. The summed E-state index contributed by atoms with van der Waals surface area (Å²) >= 11 is 0. The molecule has 1 aliphatic rings. The summed E-state index contributed by atoms with van der Waals surface area (Å²) in [5.74, 6) is -2.87. The highest BCUT2D eigenvalue weighted by Gasteiger charge is 2.64. The number of halogens is 3. The van der Waals surface area contributed by atoms with Crippen LogP contribution in [0.4, 0.5) is 18.0 Å². The second kappa shape index (κ2) is 5.17. The zero-order valence-electron chi connectivity index (χ0n) is 10.5. The normalized spacial score (nSPS) is 24.3. The van der Waals surface area contributed by atoms with Crippen LogP contribution in [0.15, 0.2) is 0 Å². The number of nitrogens with one attached hydrogen (secondary N) is 1. The first kappa shape index (κ1) is 16.1. The lowest BCUT2D eigenvalue weighted by Gasteiger charge is -2.27. The molecule has 1 rings (SSSR count). The van der Waals surface area contributed by atoms with E-state index in [0.29, 0.717) is 4.90 Å². The van der Waals surface area contributed by atoms with Crippen molar-refractivity contribution in [3.8, 4) is 0 Å². The van der Waals surface area contributed by atoms with Crippen molar-refractivity contribution < 1.29 is 32.7 Å². The van der Waals surface area contributed by atoms with Crippen molar-refractivity contribution in [1.82, 2.24) is 10.2 Å². The Kier molecular flexibility index (Phi) is 4.15. The van der Waals surface area contributed by atoms with Crippen LogP contribution in [-0.4, -0.2) is 53.2 Å². The number of rotatable bonds is 3. The number of likely N-dealkylation sites (tertiary alicyclic amines) is 1. The number of carboxylic acid groups (broad SMARTS) is 1. The molecule has 0 spiro atoms. The van der Waals surface area contributed by atoms with E-state index in [4.69, 9.17) is 10.8 Å². The van der Waals surface area contributed by atoms with E-state index in [1.165, 1.54) is 6.92 Å². The fourth-order valence-electron chi connectivity index (χ4n) is 1.86. The molecule has 20 heavy (non-hydrogen) atoms. The molecule has 0 saturated carbocycles. The number of carbonyl (C=O) groups excluding carboxylic acids is 2. The maximum absolute atomic E-state index is 12.9. The Morgan fingerprint density at radius 2 is 1.95 bits per heavy atom. The quantitative estimate of drug-likeness (QED) is 0.675. The third-order valence-corrected chi connectivity index (χ3v) is 3.28. The monoisotopic (exact) mass is 297 g/mol. The lowest BCUT2D eigenvalue weighted by atomic mass is 9.86. The van der Waals surface area contributed by atoms with Gasteiger partial charge in [0.05, 0.1) is 0 Å². The van der Waals surface area contributed by atoms with Gasteiger partial charge in [-0.15, -0.1) is 0 Å². The number of hydrogen-bond donors (Lipinski definition) is 3. The predicted octanol–water partition coefficient (Wildman–Crippen LogP) is -0.0912.